The Morgan fingerprint density at radius 1 is 1.10 bits per heavy atom. The van der Waals surface area contributed by atoms with Crippen LogP contribution in [-0.4, -0.2) is 46.6 Å². The summed E-state index contributed by atoms with van der Waals surface area (Å²) in [6.45, 7) is 6.14. The SMILES string of the molecule is COc1cc(NC(=O)CCn2cnc3c(cnn3C(C)(C)C)c2=O)cc(OC)c1OC. The largest absolute Gasteiger partial charge is 0.493 e. The van der Waals surface area contributed by atoms with Gasteiger partial charge in [-0.3, -0.25) is 14.2 Å². The van der Waals surface area contributed by atoms with E-state index < -0.39 is 0 Å². The Morgan fingerprint density at radius 2 is 1.74 bits per heavy atom. The lowest BCUT2D eigenvalue weighted by Crippen LogP contribution is -2.26. The summed E-state index contributed by atoms with van der Waals surface area (Å²) in [6.07, 6.45) is 3.04. The Kier molecular flexibility index (Phi) is 6.19. The fraction of sp³-hybridized carbons (Fsp3) is 0.429. The van der Waals surface area contributed by atoms with Crippen LogP contribution in [0.5, 0.6) is 17.2 Å². The van der Waals surface area contributed by atoms with Crippen LogP contribution in [0.15, 0.2) is 29.5 Å². The molecule has 0 saturated heterocycles. The van der Waals surface area contributed by atoms with Crippen molar-refractivity contribution < 1.29 is 19.0 Å². The van der Waals surface area contributed by atoms with Gasteiger partial charge in [0.1, 0.15) is 5.39 Å². The first-order valence-corrected chi connectivity index (χ1v) is 9.73. The van der Waals surface area contributed by atoms with Crippen molar-refractivity contribution in [2.24, 2.45) is 0 Å². The van der Waals surface area contributed by atoms with Crippen LogP contribution in [0.3, 0.4) is 0 Å². The zero-order valence-corrected chi connectivity index (χ0v) is 18.6. The number of rotatable bonds is 7. The molecule has 3 rings (SSSR count). The van der Waals surface area contributed by atoms with Crippen molar-refractivity contribution in [1.82, 2.24) is 19.3 Å². The summed E-state index contributed by atoms with van der Waals surface area (Å²) in [6, 6.07) is 3.28. The summed E-state index contributed by atoms with van der Waals surface area (Å²) in [4.78, 5) is 29.6. The number of hydrogen-bond acceptors (Lipinski definition) is 7. The van der Waals surface area contributed by atoms with Crippen molar-refractivity contribution in [2.45, 2.75) is 39.3 Å². The highest BCUT2D eigenvalue weighted by Crippen LogP contribution is 2.39. The van der Waals surface area contributed by atoms with Gasteiger partial charge < -0.3 is 19.5 Å². The number of fused-ring (bicyclic) bond motifs is 1. The van der Waals surface area contributed by atoms with Gasteiger partial charge in [0.05, 0.1) is 39.4 Å². The van der Waals surface area contributed by atoms with E-state index in [0.717, 1.165) is 0 Å². The second-order valence-corrected chi connectivity index (χ2v) is 7.92. The number of nitrogens with zero attached hydrogens (tertiary/aromatic N) is 4. The van der Waals surface area contributed by atoms with E-state index in [1.165, 1.54) is 38.4 Å². The summed E-state index contributed by atoms with van der Waals surface area (Å²) in [7, 11) is 4.51. The number of benzene rings is 1. The first-order valence-electron chi connectivity index (χ1n) is 9.73. The van der Waals surface area contributed by atoms with Crippen LogP contribution in [-0.2, 0) is 16.9 Å². The monoisotopic (exact) mass is 429 g/mol. The molecule has 10 heteroatoms. The predicted octanol–water partition coefficient (Wildman–Crippen LogP) is 2.40. The molecule has 0 saturated carbocycles. The number of methoxy groups -OCH3 is 3. The molecule has 1 amide bonds. The normalized spacial score (nSPS) is 11.4. The molecular weight excluding hydrogens is 402 g/mol. The Labute approximate surface area is 179 Å². The molecule has 10 nitrogen and oxygen atoms in total. The topological polar surface area (TPSA) is 110 Å². The quantitative estimate of drug-likeness (QED) is 0.614. The minimum Gasteiger partial charge on any atom is -0.493 e. The number of carbonyl (C=O) groups excluding carboxylic acids is 1. The first kappa shape index (κ1) is 22.1. The molecule has 0 unspecified atom stereocenters. The highest BCUT2D eigenvalue weighted by atomic mass is 16.5. The lowest BCUT2D eigenvalue weighted by molar-refractivity contribution is -0.116. The molecular formula is C21H27N5O5. The maximum Gasteiger partial charge on any atom is 0.264 e. The van der Waals surface area contributed by atoms with Gasteiger partial charge >= 0.3 is 0 Å². The van der Waals surface area contributed by atoms with Crippen molar-refractivity contribution in [3.05, 3.63) is 35.0 Å². The third-order valence-corrected chi connectivity index (χ3v) is 4.72. The van der Waals surface area contributed by atoms with Gasteiger partial charge in [0.25, 0.3) is 5.56 Å². The third kappa shape index (κ3) is 4.47. The molecule has 2 heterocycles. The second-order valence-electron chi connectivity index (χ2n) is 7.92. The number of nitrogens with one attached hydrogen (secondary N) is 1. The minimum absolute atomic E-state index is 0.0805. The van der Waals surface area contributed by atoms with Crippen molar-refractivity contribution in [2.75, 3.05) is 26.6 Å². The molecule has 31 heavy (non-hydrogen) atoms. The van der Waals surface area contributed by atoms with Gasteiger partial charge in [0, 0.05) is 30.8 Å². The zero-order valence-electron chi connectivity index (χ0n) is 18.6. The Hall–Kier alpha value is -3.56. The molecule has 0 fully saturated rings. The van der Waals surface area contributed by atoms with Crippen molar-refractivity contribution >= 4 is 22.6 Å². The van der Waals surface area contributed by atoms with E-state index in [2.05, 4.69) is 15.4 Å². The van der Waals surface area contributed by atoms with E-state index in [0.29, 0.717) is 34.0 Å². The number of hydrogen-bond donors (Lipinski definition) is 1. The summed E-state index contributed by atoms with van der Waals surface area (Å²) < 4.78 is 19.0. The van der Waals surface area contributed by atoms with E-state index in [4.69, 9.17) is 14.2 Å². The molecule has 0 radical (unpaired) electrons. The van der Waals surface area contributed by atoms with Crippen LogP contribution in [0.25, 0.3) is 11.0 Å². The fourth-order valence-electron chi connectivity index (χ4n) is 3.20. The number of aryl methyl sites for hydroxylation is 1. The van der Waals surface area contributed by atoms with Crippen molar-refractivity contribution in [3.8, 4) is 17.2 Å². The molecule has 1 N–H and O–H groups in total. The van der Waals surface area contributed by atoms with Crippen LogP contribution in [0.1, 0.15) is 27.2 Å². The Balaban J connectivity index is 1.75. The van der Waals surface area contributed by atoms with Gasteiger partial charge in [-0.15, -0.1) is 0 Å². The Morgan fingerprint density at radius 3 is 2.29 bits per heavy atom. The smallest absolute Gasteiger partial charge is 0.264 e. The average Bonchev–Trinajstić information content (AvgIpc) is 3.18. The minimum atomic E-state index is -0.298. The summed E-state index contributed by atoms with van der Waals surface area (Å²) in [5.74, 6) is 1.02. The van der Waals surface area contributed by atoms with Gasteiger partial charge in [-0.05, 0) is 20.8 Å². The van der Waals surface area contributed by atoms with Crippen LogP contribution in [0.4, 0.5) is 5.69 Å². The van der Waals surface area contributed by atoms with Crippen molar-refractivity contribution in [3.63, 3.8) is 0 Å². The molecule has 0 aliphatic rings. The van der Waals surface area contributed by atoms with Crippen molar-refractivity contribution in [1.29, 1.82) is 0 Å². The highest BCUT2D eigenvalue weighted by Gasteiger charge is 2.20. The molecule has 3 aromatic rings. The fourth-order valence-corrected chi connectivity index (χ4v) is 3.20. The van der Waals surface area contributed by atoms with E-state index in [9.17, 15) is 9.59 Å². The molecule has 1 aromatic carbocycles. The second kappa shape index (κ2) is 8.66. The van der Waals surface area contributed by atoms with Gasteiger partial charge in [0.2, 0.25) is 11.7 Å². The first-order chi connectivity index (χ1) is 14.7. The third-order valence-electron chi connectivity index (χ3n) is 4.72. The van der Waals surface area contributed by atoms with Crippen LogP contribution >= 0.6 is 0 Å². The maximum atomic E-state index is 12.8. The number of aromatic nitrogens is 4. The number of ether oxygens (including phenoxy) is 3. The predicted molar refractivity (Wildman–Crippen MR) is 116 cm³/mol. The number of carbonyl (C=O) groups is 1. The van der Waals surface area contributed by atoms with Gasteiger partial charge in [-0.2, -0.15) is 5.10 Å². The van der Waals surface area contributed by atoms with E-state index in [1.54, 1.807) is 16.8 Å². The summed E-state index contributed by atoms with van der Waals surface area (Å²) in [5, 5.41) is 7.50. The molecule has 166 valence electrons. The van der Waals surface area contributed by atoms with Gasteiger partial charge in [0.15, 0.2) is 17.1 Å². The molecule has 0 spiro atoms. The standard InChI is InChI=1S/C21H27N5O5/c1-21(2,3)26-19-14(11-23-26)20(28)25(12-22-19)8-7-17(27)24-13-9-15(29-4)18(31-6)16(10-13)30-5/h9-12H,7-8H2,1-6H3,(H,24,27). The highest BCUT2D eigenvalue weighted by molar-refractivity contribution is 5.91. The average molecular weight is 429 g/mol. The van der Waals surface area contributed by atoms with E-state index in [-0.39, 0.29) is 30.0 Å². The summed E-state index contributed by atoms with van der Waals surface area (Å²) in [5.41, 5.74) is 0.483. The maximum absolute atomic E-state index is 12.8. The van der Waals surface area contributed by atoms with Crippen LogP contribution in [0, 0.1) is 0 Å². The molecule has 0 aliphatic carbocycles. The molecule has 0 bridgehead atoms. The lowest BCUT2D eigenvalue weighted by atomic mass is 10.1. The Bertz CT molecular complexity index is 1130. The molecule has 0 aliphatic heterocycles. The number of anilines is 1. The van der Waals surface area contributed by atoms with E-state index in [1.807, 2.05) is 20.8 Å². The molecule has 0 atom stereocenters. The van der Waals surface area contributed by atoms with Crippen LogP contribution in [0.2, 0.25) is 0 Å². The van der Waals surface area contributed by atoms with Gasteiger partial charge in [-0.25, -0.2) is 9.67 Å². The lowest BCUT2D eigenvalue weighted by Gasteiger charge is -2.19. The van der Waals surface area contributed by atoms with E-state index >= 15 is 0 Å². The number of amides is 1. The van der Waals surface area contributed by atoms with Gasteiger partial charge in [-0.1, -0.05) is 0 Å². The molecule has 2 aromatic heterocycles. The zero-order chi connectivity index (χ0) is 22.8. The summed E-state index contributed by atoms with van der Waals surface area (Å²) >= 11 is 0. The van der Waals surface area contributed by atoms with Crippen LogP contribution < -0.4 is 25.1 Å².